The maximum Gasteiger partial charge on any atom is 0.246 e. The van der Waals surface area contributed by atoms with Crippen molar-refractivity contribution in [2.75, 3.05) is 89.9 Å². The number of nitrogens with zero attached hydrogens (tertiary/aromatic N) is 4. The number of amides is 7. The largest absolute Gasteiger partial charge is 0.378 e. The highest BCUT2D eigenvalue weighted by molar-refractivity contribution is 14.1. The van der Waals surface area contributed by atoms with Gasteiger partial charge in [0.05, 0.1) is 65.8 Å². The second kappa shape index (κ2) is 32.2. The van der Waals surface area contributed by atoms with Crippen LogP contribution in [0.2, 0.25) is 0 Å². The van der Waals surface area contributed by atoms with Crippen LogP contribution in [0.15, 0.2) is 0 Å². The van der Waals surface area contributed by atoms with Gasteiger partial charge in [0.1, 0.15) is 0 Å². The van der Waals surface area contributed by atoms with Crippen molar-refractivity contribution in [1.29, 1.82) is 0 Å². The number of unbranched alkanes of at least 4 members (excludes halogenated alkanes) is 2. The summed E-state index contributed by atoms with van der Waals surface area (Å²) in [5.74, 6) is -3.60. The van der Waals surface area contributed by atoms with E-state index in [0.29, 0.717) is 26.7 Å². The third-order valence-electron chi connectivity index (χ3n) is 6.98. The zero-order chi connectivity index (χ0) is 39.9. The Labute approximate surface area is 322 Å². The second-order valence-electron chi connectivity index (χ2n) is 11.3. The van der Waals surface area contributed by atoms with E-state index in [1.807, 2.05) is 0 Å². The molecule has 22 heteroatoms. The van der Waals surface area contributed by atoms with Gasteiger partial charge in [-0.25, -0.2) is 20.3 Å². The van der Waals surface area contributed by atoms with Gasteiger partial charge in [-0.1, -0.05) is 29.0 Å². The van der Waals surface area contributed by atoms with Gasteiger partial charge in [0.15, 0.2) is 0 Å². The van der Waals surface area contributed by atoms with Crippen molar-refractivity contribution in [1.82, 2.24) is 36.2 Å². The Morgan fingerprint density at radius 1 is 0.472 bits per heavy atom. The minimum absolute atomic E-state index is 0.0118. The van der Waals surface area contributed by atoms with E-state index in [-0.39, 0.29) is 130 Å². The van der Waals surface area contributed by atoms with E-state index < -0.39 is 35.4 Å². The van der Waals surface area contributed by atoms with Crippen LogP contribution in [-0.4, -0.2) is 172 Å². The molecule has 0 aromatic carbocycles. The Bertz CT molecular complexity index is 1110. The van der Waals surface area contributed by atoms with Crippen molar-refractivity contribution in [3.8, 4) is 0 Å². The lowest BCUT2D eigenvalue weighted by Gasteiger charge is -2.16. The summed E-state index contributed by atoms with van der Waals surface area (Å²) in [5, 5.41) is 48.2. The van der Waals surface area contributed by atoms with E-state index in [1.165, 1.54) is 6.92 Å². The van der Waals surface area contributed by atoms with Gasteiger partial charge >= 0.3 is 0 Å². The van der Waals surface area contributed by atoms with E-state index in [1.54, 1.807) is 0 Å². The van der Waals surface area contributed by atoms with E-state index in [2.05, 4.69) is 38.5 Å². The normalized spacial score (nSPS) is 10.7. The Morgan fingerprint density at radius 3 is 1.26 bits per heavy atom. The predicted molar refractivity (Wildman–Crippen MR) is 192 cm³/mol. The van der Waals surface area contributed by atoms with Crippen LogP contribution >= 0.6 is 22.6 Å². The fourth-order valence-corrected chi connectivity index (χ4v) is 4.47. The van der Waals surface area contributed by atoms with Crippen LogP contribution in [0, 0.1) is 0 Å². The highest BCUT2D eigenvalue weighted by atomic mass is 127. The zero-order valence-electron chi connectivity index (χ0n) is 30.3. The Morgan fingerprint density at radius 2 is 0.849 bits per heavy atom. The molecule has 0 aliphatic rings. The number of hydroxylamine groups is 8. The van der Waals surface area contributed by atoms with Gasteiger partial charge in [0.25, 0.3) is 0 Å². The molecule has 53 heavy (non-hydrogen) atoms. The summed E-state index contributed by atoms with van der Waals surface area (Å²) in [5.41, 5.74) is 0. The Kier molecular flexibility index (Phi) is 30.2. The Hall–Kier alpha value is -3.26. The molecule has 0 aliphatic carbocycles. The zero-order valence-corrected chi connectivity index (χ0v) is 32.5. The Balaban J connectivity index is 3.81. The summed E-state index contributed by atoms with van der Waals surface area (Å²) in [6, 6.07) is 0. The first-order valence-corrected chi connectivity index (χ1v) is 18.8. The van der Waals surface area contributed by atoms with Gasteiger partial charge in [-0.3, -0.25) is 54.4 Å². The molecule has 0 heterocycles. The van der Waals surface area contributed by atoms with Crippen molar-refractivity contribution >= 4 is 63.9 Å². The number of rotatable bonds is 32. The van der Waals surface area contributed by atoms with Crippen LogP contribution in [0.3, 0.4) is 0 Å². The molecular formula is C31H56IN7O14. The number of ether oxygens (including phenoxy) is 3. The maximum absolute atomic E-state index is 12.1. The van der Waals surface area contributed by atoms with Gasteiger partial charge in [-0.15, -0.1) is 0 Å². The summed E-state index contributed by atoms with van der Waals surface area (Å²) < 4.78 is 16.7. The van der Waals surface area contributed by atoms with Crippen LogP contribution in [0.25, 0.3) is 0 Å². The number of carbonyl (C=O) groups excluding carboxylic acids is 7. The summed E-state index contributed by atoms with van der Waals surface area (Å²) in [4.78, 5) is 82.5. The molecule has 0 aromatic heterocycles. The van der Waals surface area contributed by atoms with Gasteiger partial charge < -0.3 is 30.2 Å². The first kappa shape index (κ1) is 49.7. The molecule has 0 saturated carbocycles. The molecule has 0 aromatic rings. The molecule has 0 aliphatic heterocycles. The minimum Gasteiger partial charge on any atom is -0.378 e. The van der Waals surface area contributed by atoms with E-state index >= 15 is 0 Å². The molecule has 7 N–H and O–H groups in total. The highest BCUT2D eigenvalue weighted by Gasteiger charge is 2.15. The number of carbonyl (C=O) groups is 7. The first-order chi connectivity index (χ1) is 25.3. The molecule has 306 valence electrons. The molecule has 0 rings (SSSR count). The average Bonchev–Trinajstić information content (AvgIpc) is 3.13. The van der Waals surface area contributed by atoms with Crippen molar-refractivity contribution in [3.05, 3.63) is 0 Å². The number of hydrogen-bond acceptors (Lipinski definition) is 14. The van der Waals surface area contributed by atoms with Gasteiger partial charge in [-0.2, -0.15) is 0 Å². The van der Waals surface area contributed by atoms with Crippen molar-refractivity contribution in [2.24, 2.45) is 0 Å². The summed E-state index contributed by atoms with van der Waals surface area (Å²) >= 11 is 2.26. The molecule has 0 spiro atoms. The number of nitrogens with one attached hydrogen (secondary N) is 3. The monoisotopic (exact) mass is 877 g/mol. The maximum atomic E-state index is 12.1. The number of halogens is 1. The van der Waals surface area contributed by atoms with Crippen LogP contribution in [-0.2, 0) is 47.8 Å². The molecule has 0 atom stereocenters. The minimum atomic E-state index is -0.696. The van der Waals surface area contributed by atoms with Crippen molar-refractivity contribution in [2.45, 2.75) is 64.7 Å². The fraction of sp³-hybridized carbons (Fsp3) is 0.774. The van der Waals surface area contributed by atoms with Crippen molar-refractivity contribution in [3.63, 3.8) is 0 Å². The fourth-order valence-electron chi connectivity index (χ4n) is 3.93. The van der Waals surface area contributed by atoms with E-state index in [9.17, 15) is 54.4 Å². The van der Waals surface area contributed by atoms with Gasteiger partial charge in [0, 0.05) is 65.1 Å². The van der Waals surface area contributed by atoms with E-state index in [4.69, 9.17) is 14.2 Å². The van der Waals surface area contributed by atoms with Crippen molar-refractivity contribution < 1.29 is 68.6 Å². The molecule has 0 unspecified atom stereocenters. The standard InChI is InChI=1S/C31H56IN7O14/c1-25(40)36(47)16-22-51-19-12-33-26(41)6-8-30(45)38(49)17-23-52-20-13-34-27(42)7-9-31(46)39(50)18-24-53-21-14-35-28(43)10-15-37(48)29(44)5-3-2-4-11-32/h47-50H,2-24H2,1H3,(H,33,41)(H,34,42)(H,35,43). The summed E-state index contributed by atoms with van der Waals surface area (Å²) in [6.07, 6.45) is 1.86. The molecular weight excluding hydrogens is 821 g/mol. The predicted octanol–water partition coefficient (Wildman–Crippen LogP) is -0.778. The second-order valence-corrected chi connectivity index (χ2v) is 12.4. The summed E-state index contributed by atoms with van der Waals surface area (Å²) in [6.45, 7) is 1.41. The molecule has 0 bridgehead atoms. The van der Waals surface area contributed by atoms with Crippen LogP contribution < -0.4 is 16.0 Å². The lowest BCUT2D eigenvalue weighted by Crippen LogP contribution is -2.35. The molecule has 7 amide bonds. The lowest BCUT2D eigenvalue weighted by molar-refractivity contribution is -0.168. The van der Waals surface area contributed by atoms with Crippen LogP contribution in [0.4, 0.5) is 0 Å². The first-order valence-electron chi connectivity index (χ1n) is 17.3. The van der Waals surface area contributed by atoms with Gasteiger partial charge in [-0.05, 0) is 17.3 Å². The topological polar surface area (TPSA) is 277 Å². The van der Waals surface area contributed by atoms with E-state index in [0.717, 1.165) is 17.3 Å². The highest BCUT2D eigenvalue weighted by Crippen LogP contribution is 2.05. The molecule has 21 nitrogen and oxygen atoms in total. The third-order valence-corrected chi connectivity index (χ3v) is 7.74. The average molecular weight is 878 g/mol. The van der Waals surface area contributed by atoms with Gasteiger partial charge in [0.2, 0.25) is 41.4 Å². The van der Waals surface area contributed by atoms with Crippen LogP contribution in [0.1, 0.15) is 64.7 Å². The molecule has 0 radical (unpaired) electrons. The quantitative estimate of drug-likeness (QED) is 0.0144. The lowest BCUT2D eigenvalue weighted by atomic mass is 10.2. The molecule has 0 saturated heterocycles. The summed E-state index contributed by atoms with van der Waals surface area (Å²) in [7, 11) is 0. The smallest absolute Gasteiger partial charge is 0.246 e. The SMILES string of the molecule is CC(=O)N(O)CCOCCNC(=O)CCC(=O)N(O)CCOCCNC(=O)CCC(=O)N(O)CCOCCNC(=O)CCN(O)C(=O)CCCCCI. The number of hydrogen-bond donors (Lipinski definition) is 7. The number of alkyl halides is 1. The molecule has 0 fully saturated rings. The van der Waals surface area contributed by atoms with Crippen LogP contribution in [0.5, 0.6) is 0 Å². The third kappa shape index (κ3) is 28.9.